The van der Waals surface area contributed by atoms with Crippen LogP contribution in [0.25, 0.3) is 0 Å². The van der Waals surface area contributed by atoms with Gasteiger partial charge in [-0.05, 0) is 75.3 Å². The van der Waals surface area contributed by atoms with E-state index in [-0.39, 0.29) is 34.5 Å². The Balaban J connectivity index is 1.56. The number of carbonyl (C=O) groups is 2. The Bertz CT molecular complexity index is 735. The number of ketones is 2. The van der Waals surface area contributed by atoms with Crippen molar-refractivity contribution in [3.63, 3.8) is 0 Å². The molecule has 1 aromatic carbocycles. The maximum absolute atomic E-state index is 15.0. The summed E-state index contributed by atoms with van der Waals surface area (Å²) in [5, 5.41) is 0. The predicted octanol–water partition coefficient (Wildman–Crippen LogP) is 9.10. The molecule has 2 saturated carbocycles. The highest BCUT2D eigenvalue weighted by atomic mass is 19.2. The fraction of sp³-hybridized carbons (Fsp3) is 0.733. The van der Waals surface area contributed by atoms with Crippen molar-refractivity contribution < 1.29 is 18.4 Å². The molecule has 2 fully saturated rings. The van der Waals surface area contributed by atoms with Gasteiger partial charge in [0.25, 0.3) is 0 Å². The molecule has 0 radical (unpaired) electrons. The molecule has 3 rings (SSSR count). The van der Waals surface area contributed by atoms with Crippen LogP contribution in [0.1, 0.15) is 137 Å². The number of hydrogen-bond donors (Lipinski definition) is 0. The van der Waals surface area contributed by atoms with E-state index in [1.54, 1.807) is 0 Å². The summed E-state index contributed by atoms with van der Waals surface area (Å²) >= 11 is 0. The standard InChI is InChI=1S/C30H44F2O2/c1-3-5-7-9-21-11-15-23(16-12-21)29(33)25-19-20-26(28(32)27(25)31)30(34)24-17-13-22(14-18-24)10-8-6-4-2/h19-24H,3-18H2,1-2H3. The number of halogens is 2. The van der Waals surface area contributed by atoms with Crippen LogP contribution in [0.5, 0.6) is 0 Å². The second-order valence-corrected chi connectivity index (χ2v) is 10.9. The second kappa shape index (κ2) is 13.5. The van der Waals surface area contributed by atoms with Gasteiger partial charge in [-0.1, -0.05) is 65.2 Å². The van der Waals surface area contributed by atoms with E-state index >= 15 is 0 Å². The lowest BCUT2D eigenvalue weighted by molar-refractivity contribution is 0.0849. The van der Waals surface area contributed by atoms with Gasteiger partial charge in [-0.3, -0.25) is 9.59 Å². The molecule has 0 aliphatic heterocycles. The van der Waals surface area contributed by atoms with Gasteiger partial charge >= 0.3 is 0 Å². The first-order valence-electron chi connectivity index (χ1n) is 14.0. The van der Waals surface area contributed by atoms with Crippen LogP contribution in [0.15, 0.2) is 12.1 Å². The lowest BCUT2D eigenvalue weighted by Gasteiger charge is -2.28. The van der Waals surface area contributed by atoms with E-state index in [4.69, 9.17) is 0 Å². The average Bonchev–Trinajstić information content (AvgIpc) is 2.86. The van der Waals surface area contributed by atoms with Crippen molar-refractivity contribution in [1.82, 2.24) is 0 Å². The van der Waals surface area contributed by atoms with Gasteiger partial charge in [0.2, 0.25) is 0 Å². The lowest BCUT2D eigenvalue weighted by atomic mass is 9.76. The SMILES string of the molecule is CCCCCC1CCC(C(=O)c2ccc(C(=O)C3CCC(CCCCC)CC3)c(F)c2F)CC1. The van der Waals surface area contributed by atoms with Crippen molar-refractivity contribution >= 4 is 11.6 Å². The molecule has 2 aliphatic carbocycles. The molecule has 0 heterocycles. The first kappa shape index (κ1) is 27.0. The van der Waals surface area contributed by atoms with E-state index < -0.39 is 11.6 Å². The summed E-state index contributed by atoms with van der Waals surface area (Å²) < 4.78 is 29.9. The molecule has 0 N–H and O–H groups in total. The monoisotopic (exact) mass is 474 g/mol. The quantitative estimate of drug-likeness (QED) is 0.224. The second-order valence-electron chi connectivity index (χ2n) is 10.9. The number of unbranched alkanes of at least 4 members (excludes halogenated alkanes) is 4. The van der Waals surface area contributed by atoms with Crippen LogP contribution in [0.2, 0.25) is 0 Å². The molecule has 1 aromatic rings. The average molecular weight is 475 g/mol. The lowest BCUT2D eigenvalue weighted by Crippen LogP contribution is -2.25. The highest BCUT2D eigenvalue weighted by Gasteiger charge is 2.32. The van der Waals surface area contributed by atoms with Crippen LogP contribution >= 0.6 is 0 Å². The largest absolute Gasteiger partial charge is 0.294 e. The summed E-state index contributed by atoms with van der Waals surface area (Å²) in [5.41, 5.74) is -0.355. The molecule has 34 heavy (non-hydrogen) atoms. The number of rotatable bonds is 12. The maximum Gasteiger partial charge on any atom is 0.170 e. The molecule has 2 aliphatic rings. The Morgan fingerprint density at radius 2 is 1.00 bits per heavy atom. The molecule has 190 valence electrons. The topological polar surface area (TPSA) is 34.1 Å². The Morgan fingerprint density at radius 3 is 1.32 bits per heavy atom. The van der Waals surface area contributed by atoms with E-state index in [9.17, 15) is 18.4 Å². The van der Waals surface area contributed by atoms with E-state index in [1.165, 1.54) is 63.5 Å². The molecule has 0 amide bonds. The van der Waals surface area contributed by atoms with Crippen LogP contribution in [-0.2, 0) is 0 Å². The number of hydrogen-bond acceptors (Lipinski definition) is 2. The first-order valence-corrected chi connectivity index (χ1v) is 14.0. The molecule has 0 unspecified atom stereocenters. The van der Waals surface area contributed by atoms with Crippen LogP contribution in [-0.4, -0.2) is 11.6 Å². The summed E-state index contributed by atoms with van der Waals surface area (Å²) in [6, 6.07) is 2.72. The number of benzene rings is 1. The summed E-state index contributed by atoms with van der Waals surface area (Å²) in [6.45, 7) is 4.39. The fourth-order valence-corrected chi connectivity index (χ4v) is 6.16. The minimum absolute atomic E-state index is 0.178. The molecule has 0 aromatic heterocycles. The Kier molecular flexibility index (Phi) is 10.7. The number of carbonyl (C=O) groups excluding carboxylic acids is 2. The zero-order chi connectivity index (χ0) is 24.5. The third-order valence-electron chi connectivity index (χ3n) is 8.48. The Morgan fingerprint density at radius 1 is 0.647 bits per heavy atom. The third kappa shape index (κ3) is 6.98. The van der Waals surface area contributed by atoms with Crippen molar-refractivity contribution in [2.24, 2.45) is 23.7 Å². The van der Waals surface area contributed by atoms with Crippen molar-refractivity contribution in [2.75, 3.05) is 0 Å². The Hall–Kier alpha value is -1.58. The van der Waals surface area contributed by atoms with E-state index in [0.717, 1.165) is 51.4 Å². The number of Topliss-reactive ketones (excluding diaryl/α,β-unsaturated/α-hetero) is 2. The van der Waals surface area contributed by atoms with Gasteiger partial charge in [0.15, 0.2) is 23.2 Å². The van der Waals surface area contributed by atoms with E-state index in [0.29, 0.717) is 11.8 Å². The highest BCUT2D eigenvalue weighted by Crippen LogP contribution is 2.36. The summed E-state index contributed by atoms with van der Waals surface area (Å²) in [7, 11) is 0. The van der Waals surface area contributed by atoms with Gasteiger partial charge < -0.3 is 0 Å². The normalized spacial score (nSPS) is 25.3. The molecule has 0 spiro atoms. The molecular formula is C30H44F2O2. The summed E-state index contributed by atoms with van der Waals surface area (Å²) in [6.07, 6.45) is 16.7. The van der Waals surface area contributed by atoms with Crippen molar-refractivity contribution in [2.45, 2.75) is 117 Å². The molecule has 4 heteroatoms. The van der Waals surface area contributed by atoms with Crippen molar-refractivity contribution in [3.05, 3.63) is 34.9 Å². The predicted molar refractivity (Wildman–Crippen MR) is 134 cm³/mol. The van der Waals surface area contributed by atoms with Crippen LogP contribution in [0, 0.1) is 35.3 Å². The molecule has 0 saturated heterocycles. The zero-order valence-corrected chi connectivity index (χ0v) is 21.4. The van der Waals surface area contributed by atoms with Crippen LogP contribution in [0.4, 0.5) is 8.78 Å². The minimum atomic E-state index is -1.13. The Labute approximate surface area is 205 Å². The molecule has 0 atom stereocenters. The summed E-state index contributed by atoms with van der Waals surface area (Å²) in [4.78, 5) is 26.0. The molecule has 0 bridgehead atoms. The summed E-state index contributed by atoms with van der Waals surface area (Å²) in [5.74, 6) is -2.02. The minimum Gasteiger partial charge on any atom is -0.294 e. The van der Waals surface area contributed by atoms with E-state index in [2.05, 4.69) is 13.8 Å². The van der Waals surface area contributed by atoms with Gasteiger partial charge in [-0.2, -0.15) is 0 Å². The van der Waals surface area contributed by atoms with Gasteiger partial charge in [0, 0.05) is 11.8 Å². The molecular weight excluding hydrogens is 430 g/mol. The zero-order valence-electron chi connectivity index (χ0n) is 21.4. The smallest absolute Gasteiger partial charge is 0.170 e. The molecule has 2 nitrogen and oxygen atoms in total. The van der Waals surface area contributed by atoms with E-state index in [1.807, 2.05) is 0 Å². The maximum atomic E-state index is 15.0. The van der Waals surface area contributed by atoms with Gasteiger partial charge in [-0.25, -0.2) is 8.78 Å². The highest BCUT2D eigenvalue weighted by molar-refractivity contribution is 6.01. The van der Waals surface area contributed by atoms with Crippen molar-refractivity contribution in [3.8, 4) is 0 Å². The van der Waals surface area contributed by atoms with Crippen LogP contribution < -0.4 is 0 Å². The van der Waals surface area contributed by atoms with Crippen molar-refractivity contribution in [1.29, 1.82) is 0 Å². The van der Waals surface area contributed by atoms with Crippen LogP contribution in [0.3, 0.4) is 0 Å². The van der Waals surface area contributed by atoms with Gasteiger partial charge in [-0.15, -0.1) is 0 Å². The van der Waals surface area contributed by atoms with Gasteiger partial charge in [0.05, 0.1) is 11.1 Å². The fourth-order valence-electron chi connectivity index (χ4n) is 6.16. The first-order chi connectivity index (χ1) is 16.5. The van der Waals surface area contributed by atoms with Gasteiger partial charge in [0.1, 0.15) is 0 Å². The third-order valence-corrected chi connectivity index (χ3v) is 8.48.